The number of carbonyl (C=O) groups excluding carboxylic acids is 1. The Morgan fingerprint density at radius 2 is 2.15 bits per heavy atom. The minimum atomic E-state index is -0.129. The first kappa shape index (κ1) is 13.1. The number of nitrogens with one attached hydrogen (secondary N) is 1. The van der Waals surface area contributed by atoms with Gasteiger partial charge >= 0.3 is 6.03 Å². The standard InChI is InChI=1S/C14H16N4OS/c1-10-16-17-13(20-10)15-14(19)18-9-5-4-7-11-6-2-3-8-12(11)18/h2-3,6,8H,4-5,7,9H2,1H3,(H,15,17,19). The number of fused-ring (bicyclic) bond motifs is 1. The molecule has 1 N–H and O–H groups in total. The van der Waals surface area contributed by atoms with Crippen molar-refractivity contribution in [3.63, 3.8) is 0 Å². The highest BCUT2D eigenvalue weighted by atomic mass is 32.1. The summed E-state index contributed by atoms with van der Waals surface area (Å²) >= 11 is 1.39. The molecule has 1 aromatic carbocycles. The minimum Gasteiger partial charge on any atom is -0.294 e. The number of aromatic nitrogens is 2. The highest BCUT2D eigenvalue weighted by Crippen LogP contribution is 2.27. The molecule has 1 aromatic heterocycles. The smallest absolute Gasteiger partial charge is 0.294 e. The summed E-state index contributed by atoms with van der Waals surface area (Å²) < 4.78 is 0. The van der Waals surface area contributed by atoms with Gasteiger partial charge in [0.2, 0.25) is 5.13 Å². The Labute approximate surface area is 121 Å². The molecule has 0 unspecified atom stereocenters. The largest absolute Gasteiger partial charge is 0.328 e. The van der Waals surface area contributed by atoms with Crippen molar-refractivity contribution >= 4 is 28.2 Å². The lowest BCUT2D eigenvalue weighted by atomic mass is 10.1. The number of urea groups is 1. The van der Waals surface area contributed by atoms with E-state index in [1.807, 2.05) is 25.1 Å². The third-order valence-electron chi connectivity index (χ3n) is 3.35. The van der Waals surface area contributed by atoms with Gasteiger partial charge in [0, 0.05) is 12.2 Å². The highest BCUT2D eigenvalue weighted by molar-refractivity contribution is 7.15. The molecule has 0 fully saturated rings. The number of hydrogen-bond acceptors (Lipinski definition) is 4. The Hall–Kier alpha value is -1.95. The van der Waals surface area contributed by atoms with Crippen molar-refractivity contribution in [1.29, 1.82) is 0 Å². The number of para-hydroxylation sites is 1. The molecule has 0 aliphatic carbocycles. The maximum Gasteiger partial charge on any atom is 0.328 e. The van der Waals surface area contributed by atoms with Crippen molar-refractivity contribution in [2.75, 3.05) is 16.8 Å². The number of rotatable bonds is 1. The Balaban J connectivity index is 1.83. The molecule has 5 nitrogen and oxygen atoms in total. The number of aryl methyl sites for hydroxylation is 2. The summed E-state index contributed by atoms with van der Waals surface area (Å²) in [7, 11) is 0. The van der Waals surface area contributed by atoms with Gasteiger partial charge in [-0.2, -0.15) is 0 Å². The van der Waals surface area contributed by atoms with Crippen molar-refractivity contribution in [1.82, 2.24) is 10.2 Å². The molecule has 104 valence electrons. The maximum absolute atomic E-state index is 12.4. The zero-order valence-electron chi connectivity index (χ0n) is 11.3. The van der Waals surface area contributed by atoms with Crippen molar-refractivity contribution < 1.29 is 4.79 Å². The lowest BCUT2D eigenvalue weighted by Gasteiger charge is -2.22. The zero-order chi connectivity index (χ0) is 13.9. The molecule has 1 aliphatic rings. The van der Waals surface area contributed by atoms with Crippen LogP contribution in [0.25, 0.3) is 0 Å². The molecule has 2 heterocycles. The van der Waals surface area contributed by atoms with E-state index in [-0.39, 0.29) is 6.03 Å². The van der Waals surface area contributed by atoms with Gasteiger partial charge in [-0.3, -0.25) is 10.2 Å². The highest BCUT2D eigenvalue weighted by Gasteiger charge is 2.21. The monoisotopic (exact) mass is 288 g/mol. The predicted molar refractivity (Wildman–Crippen MR) is 80.4 cm³/mol. The topological polar surface area (TPSA) is 58.1 Å². The zero-order valence-corrected chi connectivity index (χ0v) is 12.1. The van der Waals surface area contributed by atoms with Gasteiger partial charge < -0.3 is 0 Å². The van der Waals surface area contributed by atoms with Crippen LogP contribution in [0.3, 0.4) is 0 Å². The van der Waals surface area contributed by atoms with Gasteiger partial charge in [-0.1, -0.05) is 29.5 Å². The van der Waals surface area contributed by atoms with Gasteiger partial charge in [-0.25, -0.2) is 4.79 Å². The van der Waals surface area contributed by atoms with Crippen LogP contribution in [0.4, 0.5) is 15.6 Å². The first-order valence-electron chi connectivity index (χ1n) is 6.70. The molecule has 2 amide bonds. The van der Waals surface area contributed by atoms with Crippen LogP contribution >= 0.6 is 11.3 Å². The third-order valence-corrected chi connectivity index (χ3v) is 4.10. The van der Waals surface area contributed by atoms with Crippen LogP contribution < -0.4 is 10.2 Å². The summed E-state index contributed by atoms with van der Waals surface area (Å²) in [6, 6.07) is 7.96. The molecule has 6 heteroatoms. The van der Waals surface area contributed by atoms with Crippen LogP contribution in [0.2, 0.25) is 0 Å². The van der Waals surface area contributed by atoms with Crippen LogP contribution in [-0.2, 0) is 6.42 Å². The normalized spacial score (nSPS) is 14.6. The first-order valence-corrected chi connectivity index (χ1v) is 7.52. The molecule has 3 rings (SSSR count). The summed E-state index contributed by atoms with van der Waals surface area (Å²) in [6.07, 6.45) is 3.15. The van der Waals surface area contributed by atoms with Crippen molar-refractivity contribution in [2.45, 2.75) is 26.2 Å². The second-order valence-electron chi connectivity index (χ2n) is 4.79. The van der Waals surface area contributed by atoms with Crippen LogP contribution in [0.1, 0.15) is 23.4 Å². The van der Waals surface area contributed by atoms with Gasteiger partial charge in [-0.15, -0.1) is 10.2 Å². The van der Waals surface area contributed by atoms with Crippen LogP contribution in [-0.4, -0.2) is 22.8 Å². The Morgan fingerprint density at radius 1 is 1.30 bits per heavy atom. The quantitative estimate of drug-likeness (QED) is 0.876. The molecule has 0 spiro atoms. The van der Waals surface area contributed by atoms with E-state index in [1.165, 1.54) is 16.9 Å². The molecule has 0 saturated heterocycles. The van der Waals surface area contributed by atoms with Gasteiger partial charge in [0.05, 0.1) is 0 Å². The van der Waals surface area contributed by atoms with Gasteiger partial charge in [-0.05, 0) is 37.8 Å². The van der Waals surface area contributed by atoms with Gasteiger partial charge in [0.25, 0.3) is 0 Å². The van der Waals surface area contributed by atoms with E-state index in [1.54, 1.807) is 4.90 Å². The summed E-state index contributed by atoms with van der Waals surface area (Å²) in [6.45, 7) is 2.61. The minimum absolute atomic E-state index is 0.129. The van der Waals surface area contributed by atoms with Crippen LogP contribution in [0, 0.1) is 6.92 Å². The molecule has 0 saturated carbocycles. The number of hydrogen-bond donors (Lipinski definition) is 1. The summed E-state index contributed by atoms with van der Waals surface area (Å²) in [5, 5.41) is 12.1. The number of anilines is 2. The van der Waals surface area contributed by atoms with E-state index in [2.05, 4.69) is 21.6 Å². The molecular formula is C14H16N4OS. The molecular weight excluding hydrogens is 272 g/mol. The number of amides is 2. The molecule has 1 aliphatic heterocycles. The maximum atomic E-state index is 12.4. The number of carbonyl (C=O) groups is 1. The lowest BCUT2D eigenvalue weighted by Crippen LogP contribution is -2.35. The Kier molecular flexibility index (Phi) is 3.64. The summed E-state index contributed by atoms with van der Waals surface area (Å²) in [5.74, 6) is 0. The van der Waals surface area contributed by atoms with Crippen LogP contribution in [0.5, 0.6) is 0 Å². The molecule has 2 aromatic rings. The Bertz CT molecular complexity index is 625. The number of benzene rings is 1. The third kappa shape index (κ3) is 2.65. The van der Waals surface area contributed by atoms with E-state index in [0.717, 1.165) is 36.5 Å². The van der Waals surface area contributed by atoms with E-state index < -0.39 is 0 Å². The molecule has 0 radical (unpaired) electrons. The summed E-state index contributed by atoms with van der Waals surface area (Å²) in [5.41, 5.74) is 2.23. The van der Waals surface area contributed by atoms with Crippen molar-refractivity contribution in [2.24, 2.45) is 0 Å². The second kappa shape index (κ2) is 5.58. The SMILES string of the molecule is Cc1nnc(NC(=O)N2CCCCc3ccccc32)s1. The fourth-order valence-electron chi connectivity index (χ4n) is 2.41. The average Bonchev–Trinajstić information content (AvgIpc) is 2.74. The van der Waals surface area contributed by atoms with Gasteiger partial charge in [0.15, 0.2) is 0 Å². The van der Waals surface area contributed by atoms with Gasteiger partial charge in [0.1, 0.15) is 5.01 Å². The van der Waals surface area contributed by atoms with Crippen molar-refractivity contribution in [3.05, 3.63) is 34.8 Å². The molecule has 20 heavy (non-hydrogen) atoms. The predicted octanol–water partition coefficient (Wildman–Crippen LogP) is 3.22. The summed E-state index contributed by atoms with van der Waals surface area (Å²) in [4.78, 5) is 14.3. The second-order valence-corrected chi connectivity index (χ2v) is 5.98. The number of nitrogens with zero attached hydrogens (tertiary/aromatic N) is 3. The van der Waals surface area contributed by atoms with Crippen molar-refractivity contribution in [3.8, 4) is 0 Å². The molecule has 0 bridgehead atoms. The van der Waals surface area contributed by atoms with Crippen LogP contribution in [0.15, 0.2) is 24.3 Å². The lowest BCUT2D eigenvalue weighted by molar-refractivity contribution is 0.257. The van der Waals surface area contributed by atoms with E-state index in [0.29, 0.717) is 5.13 Å². The fourth-order valence-corrected chi connectivity index (χ4v) is 2.99. The molecule has 0 atom stereocenters. The van der Waals surface area contributed by atoms with E-state index >= 15 is 0 Å². The van der Waals surface area contributed by atoms with E-state index in [9.17, 15) is 4.79 Å². The first-order chi connectivity index (χ1) is 9.74. The average molecular weight is 288 g/mol. The van der Waals surface area contributed by atoms with E-state index in [4.69, 9.17) is 0 Å². The Morgan fingerprint density at radius 3 is 2.95 bits per heavy atom. The fraction of sp³-hybridized carbons (Fsp3) is 0.357.